The number of hydrogen-bond donors (Lipinski definition) is 1. The van der Waals surface area contributed by atoms with Gasteiger partial charge in [0.25, 0.3) is 0 Å². The Bertz CT molecular complexity index is 1140. The molecule has 158 valence electrons. The predicted octanol–water partition coefficient (Wildman–Crippen LogP) is 5.32. The lowest BCUT2D eigenvalue weighted by molar-refractivity contribution is 0.281. The molecule has 1 atom stereocenters. The maximum absolute atomic E-state index is 13.8. The van der Waals surface area contributed by atoms with E-state index in [0.717, 1.165) is 47.7 Å². The lowest BCUT2D eigenvalue weighted by Gasteiger charge is -2.33. The number of halogens is 1. The second-order valence-electron chi connectivity index (χ2n) is 8.40. The minimum absolute atomic E-state index is 0.135. The molecule has 6 heteroatoms. The van der Waals surface area contributed by atoms with Crippen molar-refractivity contribution in [3.05, 3.63) is 71.7 Å². The minimum atomic E-state index is -3.52. The van der Waals surface area contributed by atoms with Gasteiger partial charge >= 0.3 is 0 Å². The van der Waals surface area contributed by atoms with Gasteiger partial charge in [-0.25, -0.2) is 17.5 Å². The molecule has 1 aliphatic carbocycles. The zero-order valence-corrected chi connectivity index (χ0v) is 18.1. The van der Waals surface area contributed by atoms with E-state index in [-0.39, 0.29) is 17.8 Å². The molecule has 0 radical (unpaired) electrons. The molecule has 1 heterocycles. The largest absolute Gasteiger partial charge is 0.256 e. The van der Waals surface area contributed by atoms with Crippen molar-refractivity contribution in [3.63, 3.8) is 0 Å². The van der Waals surface area contributed by atoms with Crippen LogP contribution in [0.25, 0.3) is 10.9 Å². The van der Waals surface area contributed by atoms with Crippen LogP contribution in [0.3, 0.4) is 0 Å². The van der Waals surface area contributed by atoms with E-state index >= 15 is 0 Å². The lowest BCUT2D eigenvalue weighted by atomic mass is 9.76. The molecular formula is C24H27FN2O2S. The molecule has 0 spiro atoms. The van der Waals surface area contributed by atoms with Gasteiger partial charge in [0.05, 0.1) is 10.4 Å². The summed E-state index contributed by atoms with van der Waals surface area (Å²) in [6.45, 7) is 3.89. The molecule has 4 rings (SSSR count). The molecule has 0 amide bonds. The summed E-state index contributed by atoms with van der Waals surface area (Å²) in [6.07, 6.45) is 5.57. The molecule has 0 aliphatic heterocycles. The highest BCUT2D eigenvalue weighted by atomic mass is 32.2. The van der Waals surface area contributed by atoms with E-state index in [4.69, 9.17) is 0 Å². The number of aromatic nitrogens is 1. The highest BCUT2D eigenvalue weighted by Gasteiger charge is 2.29. The van der Waals surface area contributed by atoms with Gasteiger partial charge in [0.1, 0.15) is 5.82 Å². The van der Waals surface area contributed by atoms with Gasteiger partial charge in [0.2, 0.25) is 10.0 Å². The lowest BCUT2D eigenvalue weighted by Crippen LogP contribution is -2.39. The van der Waals surface area contributed by atoms with Crippen molar-refractivity contribution < 1.29 is 12.8 Å². The van der Waals surface area contributed by atoms with Gasteiger partial charge in [-0.2, -0.15) is 0 Å². The number of rotatable bonds is 5. The Morgan fingerprint density at radius 3 is 2.43 bits per heavy atom. The monoisotopic (exact) mass is 426 g/mol. The molecule has 1 aliphatic rings. The highest BCUT2D eigenvalue weighted by molar-refractivity contribution is 7.89. The summed E-state index contributed by atoms with van der Waals surface area (Å²) in [5.74, 6) is 0.380. The van der Waals surface area contributed by atoms with E-state index in [1.165, 1.54) is 6.07 Å². The van der Waals surface area contributed by atoms with Crippen LogP contribution < -0.4 is 4.72 Å². The number of sulfonamides is 1. The number of nitrogens with zero attached hydrogens (tertiary/aromatic N) is 1. The van der Waals surface area contributed by atoms with Gasteiger partial charge in [-0.1, -0.05) is 17.7 Å². The Morgan fingerprint density at radius 2 is 1.73 bits per heavy atom. The average Bonchev–Trinajstić information content (AvgIpc) is 2.73. The quantitative estimate of drug-likeness (QED) is 0.600. The summed E-state index contributed by atoms with van der Waals surface area (Å²) in [7, 11) is -3.52. The zero-order chi connectivity index (χ0) is 21.3. The minimum Gasteiger partial charge on any atom is -0.256 e. The van der Waals surface area contributed by atoms with Crippen molar-refractivity contribution in [3.8, 4) is 0 Å². The maximum atomic E-state index is 13.8. The Hall–Kier alpha value is -2.31. The number of benzene rings is 2. The number of hydrogen-bond acceptors (Lipinski definition) is 3. The zero-order valence-electron chi connectivity index (χ0n) is 17.3. The summed E-state index contributed by atoms with van der Waals surface area (Å²) in [5, 5.41) is 0.883. The van der Waals surface area contributed by atoms with Crippen LogP contribution in [0.2, 0.25) is 0 Å². The van der Waals surface area contributed by atoms with Crippen molar-refractivity contribution >= 4 is 20.9 Å². The molecule has 1 saturated carbocycles. The molecule has 0 unspecified atom stereocenters. The van der Waals surface area contributed by atoms with Gasteiger partial charge in [-0.3, -0.25) is 4.98 Å². The predicted molar refractivity (Wildman–Crippen MR) is 117 cm³/mol. The number of nitrogens with one attached hydrogen (secondary N) is 1. The standard InChI is InChI=1S/C24H27FN2O2S/c1-16-3-10-21(11-4-16)30(28,29)27-17(2)18-5-7-19(8-6-18)22-13-14-26-24-12-9-20(25)15-23(22)24/h3-4,9-15,17-19,27H,5-8H2,1-2H3/t17-,18?,19?/m1/s1. The summed E-state index contributed by atoms with van der Waals surface area (Å²) in [6, 6.07) is 13.5. The first-order valence-corrected chi connectivity index (χ1v) is 11.9. The molecule has 1 fully saturated rings. The van der Waals surface area contributed by atoms with Crippen LogP contribution in [0.15, 0.2) is 59.6 Å². The Balaban J connectivity index is 1.43. The molecule has 0 saturated heterocycles. The fraction of sp³-hybridized carbons (Fsp3) is 0.375. The van der Waals surface area contributed by atoms with Gasteiger partial charge in [0, 0.05) is 17.6 Å². The summed E-state index contributed by atoms with van der Waals surface area (Å²) in [4.78, 5) is 4.66. The van der Waals surface area contributed by atoms with Crippen molar-refractivity contribution in [1.29, 1.82) is 0 Å². The number of fused-ring (bicyclic) bond motifs is 1. The molecule has 1 aromatic heterocycles. The number of aryl methyl sites for hydroxylation is 1. The fourth-order valence-electron chi connectivity index (χ4n) is 4.55. The van der Waals surface area contributed by atoms with E-state index in [0.29, 0.717) is 10.8 Å². The van der Waals surface area contributed by atoms with Crippen LogP contribution in [0.5, 0.6) is 0 Å². The number of pyridine rings is 1. The van der Waals surface area contributed by atoms with Gasteiger partial charge in [-0.15, -0.1) is 0 Å². The molecule has 4 nitrogen and oxygen atoms in total. The van der Waals surface area contributed by atoms with Crippen LogP contribution >= 0.6 is 0 Å². The first-order valence-electron chi connectivity index (χ1n) is 10.5. The molecule has 3 aromatic rings. The molecular weight excluding hydrogens is 399 g/mol. The molecule has 30 heavy (non-hydrogen) atoms. The first kappa shape index (κ1) is 20.9. The Kier molecular flexibility index (Phi) is 5.89. The van der Waals surface area contributed by atoms with E-state index in [1.54, 1.807) is 30.5 Å². The van der Waals surface area contributed by atoms with Gasteiger partial charge < -0.3 is 0 Å². The third kappa shape index (κ3) is 4.40. The molecule has 1 N–H and O–H groups in total. The molecule has 2 aromatic carbocycles. The topological polar surface area (TPSA) is 59.1 Å². The van der Waals surface area contributed by atoms with Gasteiger partial charge in [-0.05, 0) is 93.3 Å². The van der Waals surface area contributed by atoms with Crippen LogP contribution in [-0.4, -0.2) is 19.4 Å². The third-order valence-electron chi connectivity index (χ3n) is 6.33. The van der Waals surface area contributed by atoms with Crippen LogP contribution in [0.1, 0.15) is 49.7 Å². The molecule has 0 bridgehead atoms. The summed E-state index contributed by atoms with van der Waals surface area (Å²) in [5.41, 5.74) is 2.99. The second-order valence-corrected chi connectivity index (χ2v) is 10.1. The van der Waals surface area contributed by atoms with Crippen molar-refractivity contribution in [2.45, 2.75) is 56.4 Å². The Morgan fingerprint density at radius 1 is 1.03 bits per heavy atom. The van der Waals surface area contributed by atoms with Crippen LogP contribution in [0, 0.1) is 18.7 Å². The SMILES string of the molecule is Cc1ccc(S(=O)(=O)N[C@H](C)C2CCC(c3ccnc4ccc(F)cc34)CC2)cc1. The van der Waals surface area contributed by atoms with Crippen molar-refractivity contribution in [1.82, 2.24) is 9.71 Å². The first-order chi connectivity index (χ1) is 14.3. The maximum Gasteiger partial charge on any atom is 0.240 e. The van der Waals surface area contributed by atoms with Crippen LogP contribution in [-0.2, 0) is 10.0 Å². The van der Waals surface area contributed by atoms with E-state index in [2.05, 4.69) is 9.71 Å². The second kappa shape index (κ2) is 8.44. The summed E-state index contributed by atoms with van der Waals surface area (Å²) < 4.78 is 42.1. The Labute approximate surface area is 177 Å². The van der Waals surface area contributed by atoms with Crippen molar-refractivity contribution in [2.24, 2.45) is 5.92 Å². The van der Waals surface area contributed by atoms with Crippen molar-refractivity contribution in [2.75, 3.05) is 0 Å². The fourth-order valence-corrected chi connectivity index (χ4v) is 5.86. The highest BCUT2D eigenvalue weighted by Crippen LogP contribution is 2.39. The van der Waals surface area contributed by atoms with E-state index in [9.17, 15) is 12.8 Å². The smallest absolute Gasteiger partial charge is 0.240 e. The summed E-state index contributed by atoms with van der Waals surface area (Å²) >= 11 is 0. The van der Waals surface area contributed by atoms with E-state index in [1.807, 2.05) is 32.0 Å². The van der Waals surface area contributed by atoms with E-state index < -0.39 is 10.0 Å². The third-order valence-corrected chi connectivity index (χ3v) is 7.90. The van der Waals surface area contributed by atoms with Gasteiger partial charge in [0.15, 0.2) is 0 Å². The van der Waals surface area contributed by atoms with Crippen LogP contribution in [0.4, 0.5) is 4.39 Å². The average molecular weight is 427 g/mol. The normalized spacial score (nSPS) is 20.9.